The molecule has 0 radical (unpaired) electrons. The Balaban J connectivity index is 1.76. The summed E-state index contributed by atoms with van der Waals surface area (Å²) in [5.74, 6) is 1.42. The minimum Gasteiger partial charge on any atom is -0.457 e. The fourth-order valence-electron chi connectivity index (χ4n) is 3.32. The Morgan fingerprint density at radius 1 is 1.00 bits per heavy atom. The fourth-order valence-corrected chi connectivity index (χ4v) is 3.32. The summed E-state index contributed by atoms with van der Waals surface area (Å²) in [6, 6.07) is 17.7. The third kappa shape index (κ3) is 4.40. The second-order valence-electron chi connectivity index (χ2n) is 6.75. The first-order valence-corrected chi connectivity index (χ1v) is 8.93. The van der Waals surface area contributed by atoms with Gasteiger partial charge in [-0.1, -0.05) is 30.3 Å². The Morgan fingerprint density at radius 2 is 1.72 bits per heavy atom. The minimum atomic E-state index is 0.0611. The average molecular weight is 338 g/mol. The van der Waals surface area contributed by atoms with Gasteiger partial charge in [-0.15, -0.1) is 0 Å². The normalized spacial score (nSPS) is 18.0. The molecular weight excluding hydrogens is 312 g/mol. The molecule has 0 saturated carbocycles. The van der Waals surface area contributed by atoms with E-state index in [-0.39, 0.29) is 5.91 Å². The molecule has 0 aliphatic carbocycles. The Kier molecular flexibility index (Phi) is 5.71. The molecule has 0 N–H and O–H groups in total. The van der Waals surface area contributed by atoms with E-state index in [9.17, 15) is 4.79 Å². The smallest absolute Gasteiger partial charge is 0.257 e. The maximum absolute atomic E-state index is 13.1. The van der Waals surface area contributed by atoms with Crippen LogP contribution in [-0.4, -0.2) is 48.9 Å². The number of rotatable bonds is 4. The molecule has 2 aromatic carbocycles. The molecule has 4 heteroatoms. The van der Waals surface area contributed by atoms with Gasteiger partial charge in [-0.3, -0.25) is 4.79 Å². The zero-order valence-corrected chi connectivity index (χ0v) is 15.0. The second kappa shape index (κ2) is 8.17. The Labute approximate surface area is 150 Å². The number of ether oxygens (including phenoxy) is 1. The molecule has 3 rings (SSSR count). The second-order valence-corrected chi connectivity index (χ2v) is 6.75. The van der Waals surface area contributed by atoms with Crippen molar-refractivity contribution in [1.82, 2.24) is 9.80 Å². The maximum atomic E-state index is 13.1. The first-order valence-electron chi connectivity index (χ1n) is 8.93. The summed E-state index contributed by atoms with van der Waals surface area (Å²) in [6.07, 6.45) is 3.19. The summed E-state index contributed by atoms with van der Waals surface area (Å²) in [6.45, 7) is 1.60. The Morgan fingerprint density at radius 3 is 2.48 bits per heavy atom. The zero-order chi connectivity index (χ0) is 17.6. The minimum absolute atomic E-state index is 0.0611. The van der Waals surface area contributed by atoms with Crippen LogP contribution >= 0.6 is 0 Å². The summed E-state index contributed by atoms with van der Waals surface area (Å²) < 4.78 is 5.96. The van der Waals surface area contributed by atoms with Crippen LogP contribution in [0.2, 0.25) is 0 Å². The van der Waals surface area contributed by atoms with Crippen LogP contribution in [-0.2, 0) is 0 Å². The quantitative estimate of drug-likeness (QED) is 0.843. The molecule has 0 spiro atoms. The van der Waals surface area contributed by atoms with Crippen LogP contribution in [0, 0.1) is 0 Å². The van der Waals surface area contributed by atoms with Gasteiger partial charge in [0.2, 0.25) is 0 Å². The fraction of sp³-hybridized carbons (Fsp3) is 0.381. The number of amides is 1. The molecule has 1 unspecified atom stereocenters. The average Bonchev–Trinajstić information content (AvgIpc) is 2.89. The number of para-hydroxylation sites is 2. The van der Waals surface area contributed by atoms with Crippen molar-refractivity contribution in [3.63, 3.8) is 0 Å². The van der Waals surface area contributed by atoms with Gasteiger partial charge >= 0.3 is 0 Å². The van der Waals surface area contributed by atoms with Gasteiger partial charge in [-0.05, 0) is 57.6 Å². The van der Waals surface area contributed by atoms with Gasteiger partial charge in [0.15, 0.2) is 0 Å². The number of hydrogen-bond acceptors (Lipinski definition) is 3. The Bertz CT molecular complexity index is 700. The predicted octanol–water partition coefficient (Wildman–Crippen LogP) is 4.04. The van der Waals surface area contributed by atoms with Crippen LogP contribution in [0.25, 0.3) is 0 Å². The Hall–Kier alpha value is -2.33. The molecule has 1 heterocycles. The SMILES string of the molecule is CN(C)C1CCCN(C(=O)c2ccccc2Oc2ccccc2)CC1. The van der Waals surface area contributed by atoms with Crippen molar-refractivity contribution in [1.29, 1.82) is 0 Å². The van der Waals surface area contributed by atoms with E-state index >= 15 is 0 Å². The lowest BCUT2D eigenvalue weighted by Gasteiger charge is -2.24. The van der Waals surface area contributed by atoms with Crippen molar-refractivity contribution in [3.8, 4) is 11.5 Å². The van der Waals surface area contributed by atoms with E-state index < -0.39 is 0 Å². The van der Waals surface area contributed by atoms with E-state index in [0.29, 0.717) is 17.4 Å². The molecule has 1 aliphatic heterocycles. The number of carbonyl (C=O) groups excluding carboxylic acids is 1. The number of nitrogens with zero attached hydrogens (tertiary/aromatic N) is 2. The molecule has 1 aliphatic rings. The third-order valence-corrected chi connectivity index (χ3v) is 4.80. The third-order valence-electron chi connectivity index (χ3n) is 4.80. The van der Waals surface area contributed by atoms with Crippen molar-refractivity contribution in [3.05, 3.63) is 60.2 Å². The van der Waals surface area contributed by atoms with Crippen molar-refractivity contribution in [2.75, 3.05) is 27.2 Å². The van der Waals surface area contributed by atoms with Crippen molar-refractivity contribution >= 4 is 5.91 Å². The van der Waals surface area contributed by atoms with E-state index in [2.05, 4.69) is 19.0 Å². The van der Waals surface area contributed by atoms with Gasteiger partial charge in [-0.25, -0.2) is 0 Å². The first kappa shape index (κ1) is 17.5. The predicted molar refractivity (Wildman–Crippen MR) is 100 cm³/mol. The highest BCUT2D eigenvalue weighted by molar-refractivity contribution is 5.97. The number of benzene rings is 2. The first-order chi connectivity index (χ1) is 12.1. The van der Waals surface area contributed by atoms with E-state index in [4.69, 9.17) is 4.74 Å². The van der Waals surface area contributed by atoms with Crippen molar-refractivity contribution in [2.45, 2.75) is 25.3 Å². The van der Waals surface area contributed by atoms with Gasteiger partial charge in [0, 0.05) is 19.1 Å². The van der Waals surface area contributed by atoms with Crippen molar-refractivity contribution in [2.24, 2.45) is 0 Å². The van der Waals surface area contributed by atoms with Crippen molar-refractivity contribution < 1.29 is 9.53 Å². The number of hydrogen-bond donors (Lipinski definition) is 0. The molecule has 1 atom stereocenters. The van der Waals surface area contributed by atoms with Gasteiger partial charge < -0.3 is 14.5 Å². The van der Waals surface area contributed by atoms with Crippen LogP contribution < -0.4 is 4.74 Å². The lowest BCUT2D eigenvalue weighted by molar-refractivity contribution is 0.0756. The summed E-state index contributed by atoms with van der Waals surface area (Å²) in [5.41, 5.74) is 0.634. The van der Waals surface area contributed by atoms with Crippen LogP contribution in [0.5, 0.6) is 11.5 Å². The standard InChI is InChI=1S/C21H26N2O2/c1-22(2)17-9-8-15-23(16-14-17)21(24)19-12-6-7-13-20(19)25-18-10-4-3-5-11-18/h3-7,10-13,17H,8-9,14-16H2,1-2H3. The summed E-state index contributed by atoms with van der Waals surface area (Å²) in [5, 5.41) is 0. The van der Waals surface area contributed by atoms with Crippen LogP contribution in [0.1, 0.15) is 29.6 Å². The van der Waals surface area contributed by atoms with Crippen LogP contribution in [0.15, 0.2) is 54.6 Å². The van der Waals surface area contributed by atoms with Crippen LogP contribution in [0.4, 0.5) is 0 Å². The zero-order valence-electron chi connectivity index (χ0n) is 15.0. The lowest BCUT2D eigenvalue weighted by Crippen LogP contribution is -2.34. The molecule has 1 saturated heterocycles. The van der Waals surface area contributed by atoms with E-state index in [0.717, 1.165) is 38.1 Å². The molecular formula is C21H26N2O2. The highest BCUT2D eigenvalue weighted by Crippen LogP contribution is 2.27. The molecule has 0 bridgehead atoms. The molecule has 132 valence electrons. The largest absolute Gasteiger partial charge is 0.457 e. The molecule has 1 amide bonds. The molecule has 25 heavy (non-hydrogen) atoms. The van der Waals surface area contributed by atoms with Gasteiger partial charge in [0.1, 0.15) is 11.5 Å². The van der Waals surface area contributed by atoms with Crippen LogP contribution in [0.3, 0.4) is 0 Å². The molecule has 2 aromatic rings. The highest BCUT2D eigenvalue weighted by Gasteiger charge is 2.24. The lowest BCUT2D eigenvalue weighted by atomic mass is 10.1. The highest BCUT2D eigenvalue weighted by atomic mass is 16.5. The monoisotopic (exact) mass is 338 g/mol. The van der Waals surface area contributed by atoms with Gasteiger partial charge in [0.25, 0.3) is 5.91 Å². The topological polar surface area (TPSA) is 32.8 Å². The van der Waals surface area contributed by atoms with Gasteiger partial charge in [0.05, 0.1) is 5.56 Å². The molecule has 4 nitrogen and oxygen atoms in total. The summed E-state index contributed by atoms with van der Waals surface area (Å²) in [4.78, 5) is 17.3. The number of likely N-dealkylation sites (tertiary alicyclic amines) is 1. The molecule has 1 fully saturated rings. The number of carbonyl (C=O) groups is 1. The molecule has 0 aromatic heterocycles. The van der Waals surface area contributed by atoms with Gasteiger partial charge in [-0.2, -0.15) is 0 Å². The summed E-state index contributed by atoms with van der Waals surface area (Å²) >= 11 is 0. The maximum Gasteiger partial charge on any atom is 0.257 e. The summed E-state index contributed by atoms with van der Waals surface area (Å²) in [7, 11) is 4.23. The van der Waals surface area contributed by atoms with E-state index in [1.54, 1.807) is 0 Å². The van der Waals surface area contributed by atoms with E-state index in [1.807, 2.05) is 59.5 Å². The van der Waals surface area contributed by atoms with E-state index in [1.165, 1.54) is 0 Å².